The van der Waals surface area contributed by atoms with E-state index in [0.29, 0.717) is 13.1 Å². The molecule has 0 saturated heterocycles. The number of aliphatic hydroxyl groups is 1. The van der Waals surface area contributed by atoms with Crippen LogP contribution in [0.25, 0.3) is 0 Å². The first kappa shape index (κ1) is 14.2. The van der Waals surface area contributed by atoms with Crippen LogP contribution in [-0.2, 0) is 22.4 Å². The van der Waals surface area contributed by atoms with Crippen molar-refractivity contribution in [2.24, 2.45) is 0 Å². The molecule has 0 atom stereocenters. The molecule has 1 heterocycles. The Hall–Kier alpha value is -1.17. The zero-order valence-corrected chi connectivity index (χ0v) is 11.9. The van der Waals surface area contributed by atoms with Crippen molar-refractivity contribution in [2.45, 2.75) is 25.7 Å². The third kappa shape index (κ3) is 3.65. The van der Waals surface area contributed by atoms with Gasteiger partial charge in [0, 0.05) is 13.1 Å². The van der Waals surface area contributed by atoms with Crippen molar-refractivity contribution in [3.63, 3.8) is 0 Å². The molecule has 1 aromatic rings. The molecule has 1 aliphatic rings. The lowest BCUT2D eigenvalue weighted by Crippen LogP contribution is -2.35. The first-order valence-corrected chi connectivity index (χ1v) is 7.94. The molecule has 2 rings (SSSR count). The molecule has 0 bridgehead atoms. The van der Waals surface area contributed by atoms with E-state index in [0.717, 1.165) is 17.5 Å². The van der Waals surface area contributed by atoms with Crippen LogP contribution in [0.1, 0.15) is 24.5 Å². The molecule has 0 radical (unpaired) electrons. The van der Waals surface area contributed by atoms with E-state index in [-0.39, 0.29) is 12.4 Å². The largest absolute Gasteiger partial charge is 0.392 e. The summed E-state index contributed by atoms with van der Waals surface area (Å²) in [5.41, 5.74) is 2.70. The van der Waals surface area contributed by atoms with Crippen LogP contribution in [0.4, 0.5) is 0 Å². The summed E-state index contributed by atoms with van der Waals surface area (Å²) in [5, 5.41) is 9.07. The summed E-state index contributed by atoms with van der Waals surface area (Å²) in [7, 11) is -3.28. The fourth-order valence-corrected chi connectivity index (χ4v) is 3.58. The Balaban J connectivity index is 2.12. The van der Waals surface area contributed by atoms with Crippen molar-refractivity contribution in [2.75, 3.05) is 13.1 Å². The summed E-state index contributed by atoms with van der Waals surface area (Å²) in [6.07, 6.45) is 2.76. The van der Waals surface area contributed by atoms with Crippen LogP contribution in [0.15, 0.2) is 35.9 Å². The van der Waals surface area contributed by atoms with Crippen LogP contribution < -0.4 is 0 Å². The van der Waals surface area contributed by atoms with E-state index in [2.05, 4.69) is 0 Å². The summed E-state index contributed by atoms with van der Waals surface area (Å²) >= 11 is 0. The van der Waals surface area contributed by atoms with E-state index in [4.69, 9.17) is 5.11 Å². The molecule has 104 valence electrons. The number of nitrogens with zero attached hydrogens (tertiary/aromatic N) is 1. The molecule has 19 heavy (non-hydrogen) atoms. The lowest BCUT2D eigenvalue weighted by molar-refractivity contribution is 0.281. The highest BCUT2D eigenvalue weighted by Crippen LogP contribution is 2.17. The molecule has 5 heteroatoms. The molecule has 0 unspecified atom stereocenters. The molecule has 0 saturated carbocycles. The molecule has 1 N–H and O–H groups in total. The molecular weight excluding hydrogens is 262 g/mol. The Morgan fingerprint density at radius 3 is 2.68 bits per heavy atom. The summed E-state index contributed by atoms with van der Waals surface area (Å²) in [6.45, 7) is 2.98. The number of aliphatic hydroxyl groups excluding tert-OH is 1. The molecule has 0 fully saturated rings. The van der Waals surface area contributed by atoms with Crippen molar-refractivity contribution in [3.05, 3.63) is 47.0 Å². The normalized spacial score (nSPS) is 17.3. The zero-order chi connectivity index (χ0) is 13.9. The highest BCUT2D eigenvalue weighted by Gasteiger charge is 2.23. The Labute approximate surface area is 114 Å². The van der Waals surface area contributed by atoms with Crippen LogP contribution >= 0.6 is 0 Å². The van der Waals surface area contributed by atoms with E-state index in [1.165, 1.54) is 9.88 Å². The average Bonchev–Trinajstić information content (AvgIpc) is 2.39. The monoisotopic (exact) mass is 281 g/mol. The minimum Gasteiger partial charge on any atom is -0.392 e. The lowest BCUT2D eigenvalue weighted by Gasteiger charge is -2.24. The number of benzene rings is 1. The Morgan fingerprint density at radius 1 is 1.32 bits per heavy atom. The van der Waals surface area contributed by atoms with Gasteiger partial charge >= 0.3 is 0 Å². The second-order valence-corrected chi connectivity index (χ2v) is 6.86. The van der Waals surface area contributed by atoms with Crippen LogP contribution in [-0.4, -0.2) is 30.9 Å². The predicted molar refractivity (Wildman–Crippen MR) is 74.9 cm³/mol. The Bertz CT molecular complexity index is 578. The summed E-state index contributed by atoms with van der Waals surface area (Å²) in [4.78, 5) is 0. The zero-order valence-electron chi connectivity index (χ0n) is 11.0. The third-order valence-electron chi connectivity index (χ3n) is 3.32. The lowest BCUT2D eigenvalue weighted by atomic mass is 10.1. The summed E-state index contributed by atoms with van der Waals surface area (Å²) in [5.74, 6) is -0.00622. The number of sulfonamides is 1. The van der Waals surface area contributed by atoms with E-state index in [1.54, 1.807) is 24.3 Å². The minimum atomic E-state index is -3.28. The first-order valence-electron chi connectivity index (χ1n) is 6.33. The summed E-state index contributed by atoms with van der Waals surface area (Å²) < 4.78 is 26.1. The van der Waals surface area contributed by atoms with Crippen molar-refractivity contribution in [3.8, 4) is 0 Å². The van der Waals surface area contributed by atoms with Gasteiger partial charge < -0.3 is 5.11 Å². The van der Waals surface area contributed by atoms with Crippen LogP contribution in [0, 0.1) is 0 Å². The van der Waals surface area contributed by atoms with Gasteiger partial charge in [0.1, 0.15) is 0 Å². The van der Waals surface area contributed by atoms with Crippen molar-refractivity contribution in [1.82, 2.24) is 4.31 Å². The highest BCUT2D eigenvalue weighted by atomic mass is 32.2. The number of hydrogen-bond donors (Lipinski definition) is 1. The SMILES string of the molecule is CC1=CCN(S(=O)(=O)Cc2cccc(CO)c2)CC1. The molecule has 1 aliphatic heterocycles. The van der Waals surface area contributed by atoms with E-state index < -0.39 is 10.0 Å². The van der Waals surface area contributed by atoms with Crippen LogP contribution in [0.2, 0.25) is 0 Å². The maximum absolute atomic E-state index is 12.3. The quantitative estimate of drug-likeness (QED) is 0.854. The average molecular weight is 281 g/mol. The van der Waals surface area contributed by atoms with Crippen molar-refractivity contribution >= 4 is 10.0 Å². The van der Waals surface area contributed by atoms with Gasteiger partial charge in [0.05, 0.1) is 12.4 Å². The van der Waals surface area contributed by atoms with E-state index >= 15 is 0 Å². The van der Waals surface area contributed by atoms with Gasteiger partial charge in [0.15, 0.2) is 0 Å². The fourth-order valence-electron chi connectivity index (χ4n) is 2.12. The van der Waals surface area contributed by atoms with Gasteiger partial charge in [-0.3, -0.25) is 0 Å². The standard InChI is InChI=1S/C14H19NO3S/c1-12-5-7-15(8-6-12)19(17,18)11-14-4-2-3-13(9-14)10-16/h2-5,9,16H,6-8,10-11H2,1H3. The number of hydrogen-bond acceptors (Lipinski definition) is 3. The van der Waals surface area contributed by atoms with Gasteiger partial charge in [0.2, 0.25) is 10.0 Å². The van der Waals surface area contributed by atoms with Gasteiger partial charge in [-0.1, -0.05) is 35.9 Å². The molecule has 0 amide bonds. The predicted octanol–water partition coefficient (Wildman–Crippen LogP) is 1.66. The Morgan fingerprint density at radius 2 is 2.05 bits per heavy atom. The first-order chi connectivity index (χ1) is 9.01. The second kappa shape index (κ2) is 5.86. The highest BCUT2D eigenvalue weighted by molar-refractivity contribution is 7.88. The maximum Gasteiger partial charge on any atom is 0.218 e. The van der Waals surface area contributed by atoms with Gasteiger partial charge in [-0.05, 0) is 24.5 Å². The van der Waals surface area contributed by atoms with Gasteiger partial charge in [-0.15, -0.1) is 0 Å². The molecule has 4 nitrogen and oxygen atoms in total. The van der Waals surface area contributed by atoms with Crippen LogP contribution in [0.3, 0.4) is 0 Å². The van der Waals surface area contributed by atoms with Gasteiger partial charge in [0.25, 0.3) is 0 Å². The second-order valence-electron chi connectivity index (χ2n) is 4.89. The smallest absolute Gasteiger partial charge is 0.218 e. The van der Waals surface area contributed by atoms with Crippen molar-refractivity contribution in [1.29, 1.82) is 0 Å². The van der Waals surface area contributed by atoms with Gasteiger partial charge in [-0.25, -0.2) is 8.42 Å². The van der Waals surface area contributed by atoms with E-state index in [1.807, 2.05) is 13.0 Å². The molecular formula is C14H19NO3S. The van der Waals surface area contributed by atoms with Crippen molar-refractivity contribution < 1.29 is 13.5 Å². The van der Waals surface area contributed by atoms with Gasteiger partial charge in [-0.2, -0.15) is 4.31 Å². The topological polar surface area (TPSA) is 57.6 Å². The fraction of sp³-hybridized carbons (Fsp3) is 0.429. The molecule has 0 aromatic heterocycles. The molecule has 1 aromatic carbocycles. The minimum absolute atomic E-state index is 0.00622. The van der Waals surface area contributed by atoms with Crippen LogP contribution in [0.5, 0.6) is 0 Å². The maximum atomic E-state index is 12.3. The molecule has 0 aliphatic carbocycles. The molecule has 0 spiro atoms. The van der Waals surface area contributed by atoms with E-state index in [9.17, 15) is 8.42 Å². The third-order valence-corrected chi connectivity index (χ3v) is 5.13. The number of rotatable bonds is 4. The summed E-state index contributed by atoms with van der Waals surface area (Å²) in [6, 6.07) is 7.07. The Kier molecular flexibility index (Phi) is 4.39.